The van der Waals surface area contributed by atoms with Gasteiger partial charge in [0.25, 0.3) is 0 Å². The maximum atomic E-state index is 11.9. The normalized spacial score (nSPS) is 10.9. The summed E-state index contributed by atoms with van der Waals surface area (Å²) in [7, 11) is 0. The van der Waals surface area contributed by atoms with Crippen LogP contribution in [0.5, 0.6) is 5.88 Å². The summed E-state index contributed by atoms with van der Waals surface area (Å²) in [5, 5.41) is 18.5. The molecule has 0 aromatic carbocycles. The molecule has 1 aromatic heterocycles. The summed E-state index contributed by atoms with van der Waals surface area (Å²) >= 11 is 0. The number of carboxylic acid groups (broad SMARTS) is 1. The van der Waals surface area contributed by atoms with E-state index in [0.717, 1.165) is 38.5 Å². The zero-order chi connectivity index (χ0) is 18.7. The third-order valence-corrected chi connectivity index (χ3v) is 4.30. The Morgan fingerprint density at radius 2 is 1.68 bits per heavy atom. The molecule has 25 heavy (non-hydrogen) atoms. The van der Waals surface area contributed by atoms with Crippen LogP contribution in [0, 0.1) is 0 Å². The van der Waals surface area contributed by atoms with Crippen molar-refractivity contribution >= 4 is 11.8 Å². The molecule has 0 saturated carbocycles. The predicted molar refractivity (Wildman–Crippen MR) is 94.9 cm³/mol. The van der Waals surface area contributed by atoms with E-state index in [0.29, 0.717) is 31.4 Å². The largest absolute Gasteiger partial charge is 0.493 e. The van der Waals surface area contributed by atoms with E-state index >= 15 is 0 Å². The molecule has 0 atom stereocenters. The summed E-state index contributed by atoms with van der Waals surface area (Å²) in [6, 6.07) is 0. The third-order valence-electron chi connectivity index (χ3n) is 4.30. The Hall–Kier alpha value is -2.05. The van der Waals surface area contributed by atoms with Gasteiger partial charge in [-0.05, 0) is 25.7 Å². The Bertz CT molecular complexity index is 603. The number of nitrogens with zero attached hydrogens (tertiary/aromatic N) is 1. The highest BCUT2D eigenvalue weighted by atomic mass is 16.4. The number of carbonyl (C=O) groups is 2. The molecule has 0 amide bonds. The average molecular weight is 354 g/mol. The van der Waals surface area contributed by atoms with Gasteiger partial charge in [-0.25, -0.2) is 4.79 Å². The van der Waals surface area contributed by atoms with E-state index in [9.17, 15) is 19.5 Å². The van der Waals surface area contributed by atoms with Gasteiger partial charge in [-0.1, -0.05) is 32.6 Å². The smallest absolute Gasteiger partial charge is 0.328 e. The lowest BCUT2D eigenvalue weighted by atomic mass is 10.1. The monoisotopic (exact) mass is 354 g/mol. The first kappa shape index (κ1) is 21.0. The van der Waals surface area contributed by atoms with E-state index in [4.69, 9.17) is 5.11 Å². The molecular weight excluding hydrogens is 324 g/mol. The first-order valence-corrected chi connectivity index (χ1v) is 9.19. The SMILES string of the molecule is CCCCCC(=O)CCn1c(CCCCCCC(=O)O)c(O)[nH]c1=O. The maximum absolute atomic E-state index is 11.9. The number of ketones is 1. The number of aromatic hydroxyl groups is 1. The lowest BCUT2D eigenvalue weighted by Crippen LogP contribution is -2.20. The number of Topliss-reactive ketones (excluding diaryl/α,β-unsaturated/α-hetero) is 1. The zero-order valence-electron chi connectivity index (χ0n) is 15.1. The Morgan fingerprint density at radius 3 is 2.36 bits per heavy atom. The van der Waals surface area contributed by atoms with Gasteiger partial charge in [-0.15, -0.1) is 0 Å². The molecule has 1 aromatic rings. The van der Waals surface area contributed by atoms with Gasteiger partial charge in [0, 0.05) is 25.8 Å². The number of rotatable bonds is 14. The summed E-state index contributed by atoms with van der Waals surface area (Å²) < 4.78 is 1.45. The Labute approximate surface area is 148 Å². The zero-order valence-corrected chi connectivity index (χ0v) is 15.1. The summed E-state index contributed by atoms with van der Waals surface area (Å²) in [5.41, 5.74) is 0.143. The highest BCUT2D eigenvalue weighted by Crippen LogP contribution is 2.16. The Balaban J connectivity index is 2.45. The topological polar surface area (TPSA) is 112 Å². The number of unbranched alkanes of at least 4 members (excludes halogenated alkanes) is 5. The lowest BCUT2D eigenvalue weighted by Gasteiger charge is -2.07. The van der Waals surface area contributed by atoms with Crippen LogP contribution in [0.2, 0.25) is 0 Å². The predicted octanol–water partition coefficient (Wildman–Crippen LogP) is 3.00. The molecule has 3 N–H and O–H groups in total. The van der Waals surface area contributed by atoms with E-state index < -0.39 is 5.97 Å². The number of aromatic nitrogens is 2. The van der Waals surface area contributed by atoms with Gasteiger partial charge in [0.2, 0.25) is 5.88 Å². The number of imidazole rings is 1. The van der Waals surface area contributed by atoms with Gasteiger partial charge in [0.05, 0.1) is 5.69 Å². The fourth-order valence-electron chi connectivity index (χ4n) is 2.84. The van der Waals surface area contributed by atoms with E-state index in [-0.39, 0.29) is 30.3 Å². The Kier molecular flexibility index (Phi) is 9.65. The molecule has 0 aliphatic carbocycles. The van der Waals surface area contributed by atoms with Crippen LogP contribution in [0.25, 0.3) is 0 Å². The highest BCUT2D eigenvalue weighted by molar-refractivity contribution is 5.78. The van der Waals surface area contributed by atoms with Crippen LogP contribution >= 0.6 is 0 Å². The van der Waals surface area contributed by atoms with Crippen molar-refractivity contribution in [2.45, 2.75) is 84.1 Å². The molecule has 1 rings (SSSR count). The minimum Gasteiger partial charge on any atom is -0.493 e. The molecule has 0 spiro atoms. The molecule has 0 unspecified atom stereocenters. The third kappa shape index (κ3) is 8.05. The van der Waals surface area contributed by atoms with Crippen LogP contribution in [0.3, 0.4) is 0 Å². The molecule has 0 aliphatic heterocycles. The molecule has 0 bridgehead atoms. The number of carbonyl (C=O) groups excluding carboxylic acids is 1. The lowest BCUT2D eigenvalue weighted by molar-refractivity contribution is -0.137. The number of H-pyrrole nitrogens is 1. The fourth-order valence-corrected chi connectivity index (χ4v) is 2.84. The molecule has 0 aliphatic rings. The van der Waals surface area contributed by atoms with Crippen molar-refractivity contribution in [2.24, 2.45) is 0 Å². The van der Waals surface area contributed by atoms with Gasteiger partial charge >= 0.3 is 11.7 Å². The second kappa shape index (κ2) is 11.5. The van der Waals surface area contributed by atoms with Crippen molar-refractivity contribution in [1.82, 2.24) is 9.55 Å². The first-order valence-electron chi connectivity index (χ1n) is 9.19. The number of nitrogens with one attached hydrogen (secondary N) is 1. The molecule has 1 heterocycles. The number of aliphatic carboxylic acids is 1. The van der Waals surface area contributed by atoms with Crippen molar-refractivity contribution < 1.29 is 19.8 Å². The summed E-state index contributed by atoms with van der Waals surface area (Å²) in [6.07, 6.45) is 7.54. The van der Waals surface area contributed by atoms with E-state index in [1.165, 1.54) is 4.57 Å². The van der Waals surface area contributed by atoms with E-state index in [1.54, 1.807) is 0 Å². The van der Waals surface area contributed by atoms with Gasteiger partial charge in [-0.2, -0.15) is 0 Å². The van der Waals surface area contributed by atoms with Crippen molar-refractivity contribution in [3.8, 4) is 5.88 Å². The van der Waals surface area contributed by atoms with Crippen molar-refractivity contribution in [2.75, 3.05) is 0 Å². The molecule has 7 nitrogen and oxygen atoms in total. The van der Waals surface area contributed by atoms with Gasteiger partial charge < -0.3 is 10.2 Å². The standard InChI is InChI=1S/C18H30N2O5/c1-2-3-6-9-14(21)12-13-20-15(17(24)19-18(20)25)10-7-4-5-8-11-16(22)23/h24H,2-13H2,1H3,(H,19,25)(H,22,23). The number of aromatic amines is 1. The van der Waals surface area contributed by atoms with Crippen LogP contribution in [0.4, 0.5) is 0 Å². The van der Waals surface area contributed by atoms with E-state index in [2.05, 4.69) is 11.9 Å². The van der Waals surface area contributed by atoms with Crippen LogP contribution in [0.1, 0.15) is 76.8 Å². The Morgan fingerprint density at radius 1 is 1.00 bits per heavy atom. The second-order valence-electron chi connectivity index (χ2n) is 6.43. The quantitative estimate of drug-likeness (QED) is 0.445. The number of hydrogen-bond donors (Lipinski definition) is 3. The van der Waals surface area contributed by atoms with Crippen LogP contribution in [-0.2, 0) is 22.6 Å². The average Bonchev–Trinajstić information content (AvgIpc) is 2.82. The molecule has 0 radical (unpaired) electrons. The van der Waals surface area contributed by atoms with Crippen LogP contribution < -0.4 is 5.69 Å². The summed E-state index contributed by atoms with van der Waals surface area (Å²) in [6.45, 7) is 2.37. The summed E-state index contributed by atoms with van der Waals surface area (Å²) in [5.74, 6) is -0.782. The number of hydrogen-bond acceptors (Lipinski definition) is 4. The highest BCUT2D eigenvalue weighted by Gasteiger charge is 2.14. The fraction of sp³-hybridized carbons (Fsp3) is 0.722. The van der Waals surface area contributed by atoms with Gasteiger partial charge in [0.15, 0.2) is 0 Å². The van der Waals surface area contributed by atoms with Gasteiger partial charge in [0.1, 0.15) is 5.78 Å². The van der Waals surface area contributed by atoms with Crippen molar-refractivity contribution in [3.05, 3.63) is 16.2 Å². The van der Waals surface area contributed by atoms with Crippen molar-refractivity contribution in [3.63, 3.8) is 0 Å². The number of carboxylic acids is 1. The maximum Gasteiger partial charge on any atom is 0.328 e. The molecular formula is C18H30N2O5. The first-order chi connectivity index (χ1) is 12.0. The van der Waals surface area contributed by atoms with Crippen LogP contribution in [0.15, 0.2) is 4.79 Å². The minimum atomic E-state index is -0.791. The molecule has 0 saturated heterocycles. The van der Waals surface area contributed by atoms with Crippen LogP contribution in [-0.4, -0.2) is 31.5 Å². The molecule has 7 heteroatoms. The minimum absolute atomic E-state index is 0.131. The second-order valence-corrected chi connectivity index (χ2v) is 6.43. The van der Waals surface area contributed by atoms with Crippen molar-refractivity contribution in [1.29, 1.82) is 0 Å². The summed E-state index contributed by atoms with van der Waals surface area (Å²) in [4.78, 5) is 36.6. The molecule has 0 fully saturated rings. The van der Waals surface area contributed by atoms with Gasteiger partial charge in [-0.3, -0.25) is 19.1 Å². The van der Waals surface area contributed by atoms with E-state index in [1.807, 2.05) is 0 Å². The molecule has 142 valence electrons.